The molecule has 1 heteroatoms. The number of hydrogen-bond donors (Lipinski definition) is 1. The molecule has 0 aliphatic rings. The van der Waals surface area contributed by atoms with Gasteiger partial charge in [-0.05, 0) is 46.5 Å². The van der Waals surface area contributed by atoms with E-state index in [4.69, 9.17) is 0 Å². The van der Waals surface area contributed by atoms with E-state index in [2.05, 4.69) is 30.3 Å². The Balaban J connectivity index is 2.16. The summed E-state index contributed by atoms with van der Waals surface area (Å²) < 4.78 is 0. The van der Waals surface area contributed by atoms with E-state index in [1.54, 1.807) is 0 Å². The Morgan fingerprint density at radius 2 is 1.39 bits per heavy atom. The molecule has 0 amide bonds. The van der Waals surface area contributed by atoms with Crippen molar-refractivity contribution in [3.8, 4) is 16.9 Å². The molecule has 0 aliphatic carbocycles. The van der Waals surface area contributed by atoms with Crippen LogP contribution in [0.1, 0.15) is 5.56 Å². The van der Waals surface area contributed by atoms with Gasteiger partial charge >= 0.3 is 0 Å². The van der Waals surface area contributed by atoms with Gasteiger partial charge in [0.05, 0.1) is 0 Å². The minimum atomic E-state index is 0.348. The maximum absolute atomic E-state index is 9.77. The quantitative estimate of drug-likeness (QED) is 0.656. The van der Waals surface area contributed by atoms with Gasteiger partial charge in [-0.15, -0.1) is 0 Å². The van der Waals surface area contributed by atoms with Crippen molar-refractivity contribution in [2.24, 2.45) is 0 Å². The van der Waals surface area contributed by atoms with Crippen molar-refractivity contribution < 1.29 is 5.11 Å². The summed E-state index contributed by atoms with van der Waals surface area (Å²) in [6.07, 6.45) is 0. The largest absolute Gasteiger partial charge is 0.508 e. The van der Waals surface area contributed by atoms with E-state index in [0.29, 0.717) is 5.75 Å². The van der Waals surface area contributed by atoms with Crippen molar-refractivity contribution in [2.75, 3.05) is 0 Å². The van der Waals surface area contributed by atoms with Crippen LogP contribution in [0.4, 0.5) is 0 Å². The molecule has 0 atom stereocenters. The highest BCUT2D eigenvalue weighted by atomic mass is 16.3. The van der Waals surface area contributed by atoms with E-state index in [1.807, 2.05) is 37.3 Å². The van der Waals surface area contributed by atoms with Crippen LogP contribution in [0.2, 0.25) is 0 Å². The summed E-state index contributed by atoms with van der Waals surface area (Å²) in [4.78, 5) is 0. The predicted molar refractivity (Wildman–Crippen MR) is 75.8 cm³/mol. The fourth-order valence-electron chi connectivity index (χ4n) is 2.16. The third kappa shape index (κ3) is 1.84. The van der Waals surface area contributed by atoms with E-state index in [-0.39, 0.29) is 0 Å². The van der Waals surface area contributed by atoms with Gasteiger partial charge in [-0.1, -0.05) is 48.5 Å². The van der Waals surface area contributed by atoms with Gasteiger partial charge in [-0.25, -0.2) is 0 Å². The van der Waals surface area contributed by atoms with Gasteiger partial charge in [0.2, 0.25) is 0 Å². The lowest BCUT2D eigenvalue weighted by Crippen LogP contribution is -1.81. The molecule has 88 valence electrons. The zero-order valence-electron chi connectivity index (χ0n) is 10.2. The molecule has 0 aromatic heterocycles. The van der Waals surface area contributed by atoms with Gasteiger partial charge < -0.3 is 5.11 Å². The molecule has 0 aliphatic heterocycles. The predicted octanol–water partition coefficient (Wildman–Crippen LogP) is 4.52. The van der Waals surface area contributed by atoms with Crippen molar-refractivity contribution in [2.45, 2.75) is 6.92 Å². The zero-order valence-corrected chi connectivity index (χ0v) is 10.2. The minimum absolute atomic E-state index is 0.348. The van der Waals surface area contributed by atoms with Gasteiger partial charge in [-0.2, -0.15) is 0 Å². The lowest BCUT2D eigenvalue weighted by Gasteiger charge is -2.06. The molecule has 0 radical (unpaired) electrons. The molecular weight excluding hydrogens is 220 g/mol. The molecule has 0 unspecified atom stereocenters. The molecule has 18 heavy (non-hydrogen) atoms. The van der Waals surface area contributed by atoms with Crippen LogP contribution in [0.3, 0.4) is 0 Å². The molecule has 1 N–H and O–H groups in total. The van der Waals surface area contributed by atoms with Crippen molar-refractivity contribution in [1.29, 1.82) is 0 Å². The number of aryl methyl sites for hydroxylation is 1. The van der Waals surface area contributed by atoms with Crippen molar-refractivity contribution in [1.82, 2.24) is 0 Å². The molecule has 3 rings (SSSR count). The highest BCUT2D eigenvalue weighted by Crippen LogP contribution is 2.28. The summed E-state index contributed by atoms with van der Waals surface area (Å²) in [5, 5.41) is 12.2. The number of phenolic OH excluding ortho intramolecular Hbond substituents is 1. The summed E-state index contributed by atoms with van der Waals surface area (Å²) in [6.45, 7) is 1.90. The lowest BCUT2D eigenvalue weighted by atomic mass is 10.00. The standard InChI is InChI=1S/C17H14O/c1-12-6-7-16(11-17(12)18)15-9-8-13-4-2-3-5-14(13)10-15/h2-11,18H,1H3. The normalized spacial score (nSPS) is 10.7. The Labute approximate surface area is 106 Å². The second-order valence-electron chi connectivity index (χ2n) is 4.56. The Kier molecular flexibility index (Phi) is 2.52. The number of aromatic hydroxyl groups is 1. The fourth-order valence-corrected chi connectivity index (χ4v) is 2.16. The summed E-state index contributed by atoms with van der Waals surface area (Å²) in [5.41, 5.74) is 3.08. The Morgan fingerprint density at radius 3 is 2.17 bits per heavy atom. The van der Waals surface area contributed by atoms with E-state index in [0.717, 1.165) is 16.7 Å². The van der Waals surface area contributed by atoms with Crippen LogP contribution in [0.25, 0.3) is 21.9 Å². The van der Waals surface area contributed by atoms with Crippen molar-refractivity contribution >= 4 is 10.8 Å². The first-order valence-electron chi connectivity index (χ1n) is 6.03. The van der Waals surface area contributed by atoms with E-state index < -0.39 is 0 Å². The van der Waals surface area contributed by atoms with Gasteiger partial charge in [-0.3, -0.25) is 0 Å². The van der Waals surface area contributed by atoms with Crippen LogP contribution >= 0.6 is 0 Å². The van der Waals surface area contributed by atoms with Crippen LogP contribution in [0.5, 0.6) is 5.75 Å². The van der Waals surface area contributed by atoms with Gasteiger partial charge in [0.15, 0.2) is 0 Å². The average Bonchev–Trinajstić information content (AvgIpc) is 2.41. The van der Waals surface area contributed by atoms with Gasteiger partial charge in [0.25, 0.3) is 0 Å². The van der Waals surface area contributed by atoms with Crippen LogP contribution < -0.4 is 0 Å². The van der Waals surface area contributed by atoms with Crippen molar-refractivity contribution in [3.63, 3.8) is 0 Å². The molecule has 0 fully saturated rings. The second kappa shape index (κ2) is 4.19. The van der Waals surface area contributed by atoms with Crippen LogP contribution in [0.15, 0.2) is 60.7 Å². The molecule has 0 spiro atoms. The molecule has 3 aromatic rings. The Morgan fingerprint density at radius 1 is 0.722 bits per heavy atom. The number of fused-ring (bicyclic) bond motifs is 1. The first-order chi connectivity index (χ1) is 8.74. The fraction of sp³-hybridized carbons (Fsp3) is 0.0588. The lowest BCUT2D eigenvalue weighted by molar-refractivity contribution is 0.471. The van der Waals surface area contributed by atoms with E-state index >= 15 is 0 Å². The van der Waals surface area contributed by atoms with E-state index in [9.17, 15) is 5.11 Å². The number of phenols is 1. The molecule has 1 nitrogen and oxygen atoms in total. The summed E-state index contributed by atoms with van der Waals surface area (Å²) >= 11 is 0. The van der Waals surface area contributed by atoms with E-state index in [1.165, 1.54) is 10.8 Å². The number of rotatable bonds is 1. The molecule has 0 bridgehead atoms. The van der Waals surface area contributed by atoms with Crippen LogP contribution in [-0.4, -0.2) is 5.11 Å². The zero-order chi connectivity index (χ0) is 12.5. The molecular formula is C17H14O. The second-order valence-corrected chi connectivity index (χ2v) is 4.56. The SMILES string of the molecule is Cc1ccc(-c2ccc3ccccc3c2)cc1O. The topological polar surface area (TPSA) is 20.2 Å². The highest BCUT2D eigenvalue weighted by molar-refractivity contribution is 5.87. The van der Waals surface area contributed by atoms with Crippen LogP contribution in [0, 0.1) is 6.92 Å². The number of hydrogen-bond acceptors (Lipinski definition) is 1. The van der Waals surface area contributed by atoms with Gasteiger partial charge in [0.1, 0.15) is 5.75 Å². The molecule has 0 heterocycles. The first kappa shape index (κ1) is 10.8. The van der Waals surface area contributed by atoms with Gasteiger partial charge in [0, 0.05) is 0 Å². The third-order valence-electron chi connectivity index (χ3n) is 3.29. The summed E-state index contributed by atoms with van der Waals surface area (Å²) in [7, 11) is 0. The highest BCUT2D eigenvalue weighted by Gasteiger charge is 2.02. The Bertz CT molecular complexity index is 714. The van der Waals surface area contributed by atoms with Crippen molar-refractivity contribution in [3.05, 3.63) is 66.2 Å². The summed E-state index contributed by atoms with van der Waals surface area (Å²) in [5.74, 6) is 0.348. The number of benzene rings is 3. The third-order valence-corrected chi connectivity index (χ3v) is 3.29. The monoisotopic (exact) mass is 234 g/mol. The summed E-state index contributed by atoms with van der Waals surface area (Å²) in [6, 6.07) is 20.4. The minimum Gasteiger partial charge on any atom is -0.508 e. The average molecular weight is 234 g/mol. The maximum atomic E-state index is 9.77. The molecule has 3 aromatic carbocycles. The van der Waals surface area contributed by atoms with Crippen LogP contribution in [-0.2, 0) is 0 Å². The Hall–Kier alpha value is -2.28. The maximum Gasteiger partial charge on any atom is 0.119 e. The molecule has 0 saturated carbocycles. The smallest absolute Gasteiger partial charge is 0.119 e. The first-order valence-corrected chi connectivity index (χ1v) is 6.03. The molecule has 0 saturated heterocycles.